The number of anilines is 1. The molecule has 0 saturated heterocycles. The van der Waals surface area contributed by atoms with E-state index in [0.717, 1.165) is 4.47 Å². The molecule has 0 unspecified atom stereocenters. The summed E-state index contributed by atoms with van der Waals surface area (Å²) in [6.45, 7) is 0.502. The van der Waals surface area contributed by atoms with Crippen LogP contribution in [0.3, 0.4) is 0 Å². The number of urea groups is 1. The van der Waals surface area contributed by atoms with Crippen molar-refractivity contribution in [1.82, 2.24) is 5.32 Å². The maximum atomic E-state index is 11.4. The van der Waals surface area contributed by atoms with Crippen LogP contribution < -0.4 is 15.4 Å². The highest BCUT2D eigenvalue weighted by Crippen LogP contribution is 2.27. The molecule has 1 aromatic carbocycles. The summed E-state index contributed by atoms with van der Waals surface area (Å²) in [5, 5.41) is 13.9. The average Bonchev–Trinajstić information content (AvgIpc) is 2.32. The fourth-order valence-electron chi connectivity index (χ4n) is 1.19. The summed E-state index contributed by atoms with van der Waals surface area (Å²) < 4.78 is 5.94. The molecule has 5 nitrogen and oxygen atoms in total. The van der Waals surface area contributed by atoms with Gasteiger partial charge in [-0.05, 0) is 34.5 Å². The predicted molar refractivity (Wildman–Crippen MR) is 69.4 cm³/mol. The van der Waals surface area contributed by atoms with Crippen LogP contribution in [0.1, 0.15) is 6.42 Å². The van der Waals surface area contributed by atoms with E-state index < -0.39 is 0 Å². The fraction of sp³-hybridized carbons (Fsp3) is 0.364. The quantitative estimate of drug-likeness (QED) is 0.728. The first-order valence-electron chi connectivity index (χ1n) is 5.16. The first kappa shape index (κ1) is 13.8. The number of hydrogen-bond acceptors (Lipinski definition) is 3. The van der Waals surface area contributed by atoms with Gasteiger partial charge in [0.05, 0.1) is 11.6 Å². The van der Waals surface area contributed by atoms with Crippen molar-refractivity contribution in [3.8, 4) is 5.75 Å². The molecule has 0 bridgehead atoms. The number of methoxy groups -OCH3 is 1. The molecule has 0 aromatic heterocycles. The van der Waals surface area contributed by atoms with Gasteiger partial charge in [-0.15, -0.1) is 0 Å². The molecular weight excluding hydrogens is 288 g/mol. The van der Waals surface area contributed by atoms with Crippen molar-refractivity contribution < 1.29 is 14.6 Å². The van der Waals surface area contributed by atoms with Crippen molar-refractivity contribution in [1.29, 1.82) is 0 Å². The summed E-state index contributed by atoms with van der Waals surface area (Å²) in [5.41, 5.74) is 0.645. The first-order valence-corrected chi connectivity index (χ1v) is 5.96. The molecule has 0 aliphatic heterocycles. The number of carbonyl (C=O) groups excluding carboxylic acids is 1. The molecule has 0 spiro atoms. The smallest absolute Gasteiger partial charge is 0.319 e. The van der Waals surface area contributed by atoms with E-state index in [4.69, 9.17) is 9.84 Å². The molecule has 0 saturated carbocycles. The number of aliphatic hydroxyl groups excluding tert-OH is 1. The van der Waals surface area contributed by atoms with E-state index in [1.807, 2.05) is 0 Å². The van der Waals surface area contributed by atoms with Gasteiger partial charge in [-0.3, -0.25) is 0 Å². The van der Waals surface area contributed by atoms with E-state index in [2.05, 4.69) is 26.6 Å². The van der Waals surface area contributed by atoms with Crippen molar-refractivity contribution in [2.45, 2.75) is 6.42 Å². The molecule has 1 rings (SSSR count). The normalized spacial score (nSPS) is 9.82. The average molecular weight is 303 g/mol. The van der Waals surface area contributed by atoms with Crippen LogP contribution in [0, 0.1) is 0 Å². The highest BCUT2D eigenvalue weighted by atomic mass is 79.9. The predicted octanol–water partition coefficient (Wildman–Crippen LogP) is 1.96. The largest absolute Gasteiger partial charge is 0.495 e. The minimum Gasteiger partial charge on any atom is -0.495 e. The third kappa shape index (κ3) is 4.62. The zero-order valence-electron chi connectivity index (χ0n) is 9.50. The molecule has 0 aliphatic rings. The Morgan fingerprint density at radius 2 is 2.29 bits per heavy atom. The Morgan fingerprint density at radius 3 is 2.94 bits per heavy atom. The molecular formula is C11H15BrN2O3. The molecule has 0 fully saturated rings. The molecule has 0 aliphatic carbocycles. The number of hydrogen-bond donors (Lipinski definition) is 3. The van der Waals surface area contributed by atoms with Crippen molar-refractivity contribution in [3.05, 3.63) is 22.7 Å². The Kier molecular flexibility index (Phi) is 5.79. The zero-order chi connectivity index (χ0) is 12.7. The molecule has 3 N–H and O–H groups in total. The molecule has 94 valence electrons. The van der Waals surface area contributed by atoms with Crippen LogP contribution in [-0.4, -0.2) is 31.4 Å². The summed E-state index contributed by atoms with van der Waals surface area (Å²) in [6.07, 6.45) is 0.539. The van der Waals surface area contributed by atoms with E-state index in [0.29, 0.717) is 24.4 Å². The SMILES string of the molecule is COc1cc(NC(=O)NCCCO)ccc1Br. The second-order valence-corrected chi connectivity index (χ2v) is 4.16. The highest BCUT2D eigenvalue weighted by molar-refractivity contribution is 9.10. The van der Waals surface area contributed by atoms with Gasteiger partial charge in [0, 0.05) is 24.9 Å². The van der Waals surface area contributed by atoms with Crippen molar-refractivity contribution in [2.24, 2.45) is 0 Å². The Bertz CT molecular complexity index is 385. The summed E-state index contributed by atoms with van der Waals surface area (Å²) in [5.74, 6) is 0.651. The van der Waals surface area contributed by atoms with Gasteiger partial charge < -0.3 is 20.5 Å². The van der Waals surface area contributed by atoms with Crippen LogP contribution in [0.15, 0.2) is 22.7 Å². The Hall–Kier alpha value is -1.27. The van der Waals surface area contributed by atoms with E-state index in [1.165, 1.54) is 0 Å². The molecule has 2 amide bonds. The number of halogens is 1. The van der Waals surface area contributed by atoms with Crippen LogP contribution in [-0.2, 0) is 0 Å². The lowest BCUT2D eigenvalue weighted by atomic mass is 10.3. The molecule has 0 atom stereocenters. The number of benzene rings is 1. The maximum Gasteiger partial charge on any atom is 0.319 e. The summed E-state index contributed by atoms with van der Waals surface area (Å²) in [7, 11) is 1.56. The summed E-state index contributed by atoms with van der Waals surface area (Å²) in [4.78, 5) is 11.4. The van der Waals surface area contributed by atoms with Gasteiger partial charge in [0.2, 0.25) is 0 Å². The van der Waals surface area contributed by atoms with Crippen LogP contribution in [0.4, 0.5) is 10.5 Å². The van der Waals surface area contributed by atoms with E-state index in [9.17, 15) is 4.79 Å². The summed E-state index contributed by atoms with van der Waals surface area (Å²) >= 11 is 3.33. The van der Waals surface area contributed by atoms with Gasteiger partial charge in [-0.25, -0.2) is 4.79 Å². The Morgan fingerprint density at radius 1 is 1.53 bits per heavy atom. The van der Waals surface area contributed by atoms with Crippen molar-refractivity contribution >= 4 is 27.6 Å². The minimum absolute atomic E-state index is 0.0619. The maximum absolute atomic E-state index is 11.4. The highest BCUT2D eigenvalue weighted by Gasteiger charge is 2.04. The standard InChI is InChI=1S/C11H15BrN2O3/c1-17-10-7-8(3-4-9(10)12)14-11(16)13-5-2-6-15/h3-4,7,15H,2,5-6H2,1H3,(H2,13,14,16). The third-order valence-electron chi connectivity index (χ3n) is 2.03. The molecule has 17 heavy (non-hydrogen) atoms. The van der Waals surface area contributed by atoms with E-state index in [-0.39, 0.29) is 12.6 Å². The number of amides is 2. The van der Waals surface area contributed by atoms with Gasteiger partial charge in [-0.1, -0.05) is 0 Å². The lowest BCUT2D eigenvalue weighted by Gasteiger charge is -2.09. The zero-order valence-corrected chi connectivity index (χ0v) is 11.1. The lowest BCUT2D eigenvalue weighted by molar-refractivity contribution is 0.249. The van der Waals surface area contributed by atoms with Crippen LogP contribution in [0.5, 0.6) is 5.75 Å². The molecule has 0 radical (unpaired) electrons. The first-order chi connectivity index (χ1) is 8.17. The lowest BCUT2D eigenvalue weighted by Crippen LogP contribution is -2.29. The monoisotopic (exact) mass is 302 g/mol. The molecule has 6 heteroatoms. The molecule has 1 aromatic rings. The summed E-state index contributed by atoms with van der Waals surface area (Å²) in [6, 6.07) is 4.97. The second kappa shape index (κ2) is 7.13. The number of nitrogens with one attached hydrogen (secondary N) is 2. The van der Waals surface area contributed by atoms with Crippen molar-refractivity contribution in [3.63, 3.8) is 0 Å². The molecule has 0 heterocycles. The van der Waals surface area contributed by atoms with Crippen LogP contribution in [0.25, 0.3) is 0 Å². The third-order valence-corrected chi connectivity index (χ3v) is 2.68. The Labute approximate surface area is 108 Å². The minimum atomic E-state index is -0.303. The topological polar surface area (TPSA) is 70.6 Å². The van der Waals surface area contributed by atoms with Gasteiger partial charge in [0.25, 0.3) is 0 Å². The van der Waals surface area contributed by atoms with Gasteiger partial charge in [0.15, 0.2) is 0 Å². The second-order valence-electron chi connectivity index (χ2n) is 3.31. The van der Waals surface area contributed by atoms with Gasteiger partial charge >= 0.3 is 6.03 Å². The number of carbonyl (C=O) groups is 1. The van der Waals surface area contributed by atoms with Crippen LogP contribution in [0.2, 0.25) is 0 Å². The number of rotatable bonds is 5. The fourth-order valence-corrected chi connectivity index (χ4v) is 1.60. The van der Waals surface area contributed by atoms with Gasteiger partial charge in [0.1, 0.15) is 5.75 Å². The Balaban J connectivity index is 2.53. The van der Waals surface area contributed by atoms with Gasteiger partial charge in [-0.2, -0.15) is 0 Å². The van der Waals surface area contributed by atoms with Crippen molar-refractivity contribution in [2.75, 3.05) is 25.6 Å². The van der Waals surface area contributed by atoms with Crippen LogP contribution >= 0.6 is 15.9 Å². The number of ether oxygens (including phenoxy) is 1. The number of aliphatic hydroxyl groups is 1. The van der Waals surface area contributed by atoms with E-state index in [1.54, 1.807) is 25.3 Å². The van der Waals surface area contributed by atoms with E-state index >= 15 is 0 Å².